The van der Waals surface area contributed by atoms with Gasteiger partial charge in [0, 0.05) is 13.6 Å². The Balaban J connectivity index is 2.45. The maximum Gasteiger partial charge on any atom is 0.0130 e. The van der Waals surface area contributed by atoms with E-state index in [0.717, 1.165) is 25.9 Å². The van der Waals surface area contributed by atoms with Crippen molar-refractivity contribution in [1.82, 2.24) is 5.32 Å². The Morgan fingerprint density at radius 1 is 1.43 bits per heavy atom. The summed E-state index contributed by atoms with van der Waals surface area (Å²) >= 11 is 0. The van der Waals surface area contributed by atoms with Crippen LogP contribution in [0.2, 0.25) is 0 Å². The predicted octanol–water partition coefficient (Wildman–Crippen LogP) is -0.0405. The van der Waals surface area contributed by atoms with Crippen molar-refractivity contribution in [2.75, 3.05) is 20.1 Å². The molecule has 0 amide bonds. The van der Waals surface area contributed by atoms with Crippen LogP contribution in [0.15, 0.2) is 0 Å². The van der Waals surface area contributed by atoms with Gasteiger partial charge in [-0.05, 0) is 19.4 Å². The number of rotatable bonds is 4. The molecule has 0 atom stereocenters. The van der Waals surface area contributed by atoms with Crippen LogP contribution in [-0.4, -0.2) is 20.1 Å². The van der Waals surface area contributed by atoms with Gasteiger partial charge in [-0.2, -0.15) is 0 Å². The molecule has 43 valence electrons. The molecule has 0 aliphatic carbocycles. The number of hydrogen-bond acceptors (Lipinski definition) is 1. The lowest BCUT2D eigenvalue weighted by atomic mass is 10.3. The number of hydrogen-bond donors (Lipinski definition) is 1. The number of nitrogens with zero attached hydrogens (tertiary/aromatic N) is 1. The third-order valence-corrected chi connectivity index (χ3v) is 0.836. The normalized spacial score (nSPS) is 9.43. The van der Waals surface area contributed by atoms with E-state index in [1.54, 1.807) is 0 Å². The standard InChI is InChI=1S/C5H13N2/c1-7-5-3-2-4-6/h2-6H2,1H3. The second kappa shape index (κ2) is 5.92. The smallest absolute Gasteiger partial charge is 0.0130 e. The van der Waals surface area contributed by atoms with Gasteiger partial charge >= 0.3 is 0 Å². The summed E-state index contributed by atoms with van der Waals surface area (Å²) in [6, 6.07) is 0. The van der Waals surface area contributed by atoms with Gasteiger partial charge in [0.2, 0.25) is 0 Å². The van der Waals surface area contributed by atoms with Gasteiger partial charge in [-0.1, -0.05) is 0 Å². The van der Waals surface area contributed by atoms with Crippen LogP contribution in [0.25, 0.3) is 0 Å². The predicted molar refractivity (Wildman–Crippen MR) is 31.2 cm³/mol. The molecule has 0 aromatic carbocycles. The van der Waals surface area contributed by atoms with Gasteiger partial charge in [0.15, 0.2) is 0 Å². The van der Waals surface area contributed by atoms with Crippen molar-refractivity contribution in [3.05, 3.63) is 0 Å². The molecule has 0 unspecified atom stereocenters. The van der Waals surface area contributed by atoms with Crippen LogP contribution in [-0.2, 0) is 0 Å². The minimum absolute atomic E-state index is 0.801. The van der Waals surface area contributed by atoms with E-state index >= 15 is 0 Å². The first-order chi connectivity index (χ1) is 3.41. The van der Waals surface area contributed by atoms with Crippen LogP contribution >= 0.6 is 0 Å². The van der Waals surface area contributed by atoms with Gasteiger partial charge in [0.25, 0.3) is 0 Å². The average Bonchev–Trinajstić information content (AvgIpc) is 1.69. The van der Waals surface area contributed by atoms with Crippen molar-refractivity contribution in [3.8, 4) is 0 Å². The van der Waals surface area contributed by atoms with Crippen LogP contribution in [0.5, 0.6) is 0 Å². The van der Waals surface area contributed by atoms with Crippen LogP contribution in [0.3, 0.4) is 0 Å². The monoisotopic (exact) mass is 101 g/mol. The lowest BCUT2D eigenvalue weighted by Gasteiger charge is -1.91. The zero-order chi connectivity index (χ0) is 5.54. The molecule has 0 bridgehead atoms. The molecule has 2 heteroatoms. The van der Waals surface area contributed by atoms with E-state index in [1.807, 2.05) is 7.05 Å². The Kier molecular flexibility index (Phi) is 5.85. The van der Waals surface area contributed by atoms with Crippen LogP contribution in [0, 0.1) is 0 Å². The zero-order valence-electron chi connectivity index (χ0n) is 4.85. The van der Waals surface area contributed by atoms with Crippen LogP contribution in [0.4, 0.5) is 0 Å². The van der Waals surface area contributed by atoms with Crippen molar-refractivity contribution in [1.29, 1.82) is 0 Å². The Morgan fingerprint density at radius 2 is 2.14 bits per heavy atom. The highest BCUT2D eigenvalue weighted by Crippen LogP contribution is 1.80. The third kappa shape index (κ3) is 5.92. The van der Waals surface area contributed by atoms with E-state index in [1.165, 1.54) is 0 Å². The van der Waals surface area contributed by atoms with Crippen LogP contribution in [0.1, 0.15) is 12.8 Å². The second-order valence-electron chi connectivity index (χ2n) is 1.54. The van der Waals surface area contributed by atoms with Gasteiger partial charge < -0.3 is 5.73 Å². The minimum atomic E-state index is 0.801. The molecule has 2 nitrogen and oxygen atoms in total. The summed E-state index contributed by atoms with van der Waals surface area (Å²) in [5, 5.41) is 3.92. The number of nitrogens with two attached hydrogens (primary N) is 1. The highest BCUT2D eigenvalue weighted by molar-refractivity contribution is 4.41. The molecule has 0 aromatic heterocycles. The molecule has 0 aliphatic rings. The molecule has 0 aromatic rings. The van der Waals surface area contributed by atoms with Gasteiger partial charge in [0.05, 0.1) is 0 Å². The Labute approximate surface area is 45.1 Å². The summed E-state index contributed by atoms with van der Waals surface area (Å²) in [6.45, 7) is 1.77. The minimum Gasteiger partial charge on any atom is -0.330 e. The molecule has 0 rings (SSSR count). The van der Waals surface area contributed by atoms with Crippen molar-refractivity contribution < 1.29 is 0 Å². The van der Waals surface area contributed by atoms with Gasteiger partial charge in [0.1, 0.15) is 0 Å². The topological polar surface area (TPSA) is 40.1 Å². The Bertz CT molecular complexity index is 25.3. The molecular formula is C5H13N2. The van der Waals surface area contributed by atoms with Crippen molar-refractivity contribution in [3.63, 3.8) is 0 Å². The van der Waals surface area contributed by atoms with Crippen molar-refractivity contribution >= 4 is 0 Å². The van der Waals surface area contributed by atoms with Crippen LogP contribution < -0.4 is 11.1 Å². The summed E-state index contributed by atoms with van der Waals surface area (Å²) < 4.78 is 0. The fraction of sp³-hybridized carbons (Fsp3) is 1.00. The summed E-state index contributed by atoms with van der Waals surface area (Å²) in [5.74, 6) is 0. The SMILES string of the molecule is C[N]CCCCN. The van der Waals surface area contributed by atoms with Crippen molar-refractivity contribution in [2.45, 2.75) is 12.8 Å². The van der Waals surface area contributed by atoms with Gasteiger partial charge in [-0.15, -0.1) is 0 Å². The highest BCUT2D eigenvalue weighted by atomic mass is 14.8. The molecule has 2 N–H and O–H groups in total. The highest BCUT2D eigenvalue weighted by Gasteiger charge is 1.80. The van der Waals surface area contributed by atoms with Gasteiger partial charge in [-0.25, -0.2) is 5.32 Å². The maximum atomic E-state index is 5.23. The summed E-state index contributed by atoms with van der Waals surface area (Å²) in [6.07, 6.45) is 2.25. The first-order valence-electron chi connectivity index (χ1n) is 2.67. The molecule has 0 aliphatic heterocycles. The maximum absolute atomic E-state index is 5.23. The summed E-state index contributed by atoms with van der Waals surface area (Å²) in [4.78, 5) is 0. The fourth-order valence-corrected chi connectivity index (χ4v) is 0.414. The lowest BCUT2D eigenvalue weighted by molar-refractivity contribution is 0.676. The van der Waals surface area contributed by atoms with Gasteiger partial charge in [-0.3, -0.25) is 0 Å². The van der Waals surface area contributed by atoms with E-state index in [2.05, 4.69) is 5.32 Å². The molecular weight excluding hydrogens is 88.1 g/mol. The Hall–Kier alpha value is -0.0800. The van der Waals surface area contributed by atoms with E-state index in [0.29, 0.717) is 0 Å². The zero-order valence-corrected chi connectivity index (χ0v) is 4.85. The van der Waals surface area contributed by atoms with Crippen molar-refractivity contribution in [2.24, 2.45) is 5.73 Å². The summed E-state index contributed by atoms with van der Waals surface area (Å²) in [7, 11) is 1.83. The van der Waals surface area contributed by atoms with E-state index in [-0.39, 0.29) is 0 Å². The molecule has 0 saturated carbocycles. The molecule has 0 fully saturated rings. The molecule has 0 spiro atoms. The molecule has 7 heavy (non-hydrogen) atoms. The second-order valence-corrected chi connectivity index (χ2v) is 1.54. The summed E-state index contributed by atoms with van der Waals surface area (Å²) in [5.41, 5.74) is 5.23. The molecule has 0 saturated heterocycles. The van der Waals surface area contributed by atoms with E-state index in [4.69, 9.17) is 5.73 Å². The first-order valence-corrected chi connectivity index (χ1v) is 2.67. The molecule has 1 radical (unpaired) electrons. The van der Waals surface area contributed by atoms with E-state index < -0.39 is 0 Å². The quantitative estimate of drug-likeness (QED) is 0.496. The Morgan fingerprint density at radius 3 is 2.57 bits per heavy atom. The number of unbranched alkanes of at least 4 members (excludes halogenated alkanes) is 1. The molecule has 0 heterocycles. The fourth-order valence-electron chi connectivity index (χ4n) is 0.414. The largest absolute Gasteiger partial charge is 0.330 e. The average molecular weight is 101 g/mol. The van der Waals surface area contributed by atoms with E-state index in [9.17, 15) is 0 Å². The third-order valence-electron chi connectivity index (χ3n) is 0.836. The first kappa shape index (κ1) is 6.92. The lowest BCUT2D eigenvalue weighted by Crippen LogP contribution is -2.04.